The number of hydrogen-bond donors (Lipinski definition) is 3. The Balaban J connectivity index is 2.50. The van der Waals surface area contributed by atoms with Gasteiger partial charge in [-0.1, -0.05) is 26.0 Å². The molecule has 0 spiro atoms. The van der Waals surface area contributed by atoms with Crippen molar-refractivity contribution in [3.63, 3.8) is 0 Å². The molecule has 0 heterocycles. The van der Waals surface area contributed by atoms with Crippen LogP contribution in [-0.4, -0.2) is 29.9 Å². The van der Waals surface area contributed by atoms with Crippen LogP contribution in [0.15, 0.2) is 24.3 Å². The Hall–Kier alpha value is -1.53. The maximum atomic E-state index is 11.9. The third kappa shape index (κ3) is 8.04. The molecule has 0 aliphatic carbocycles. The highest BCUT2D eigenvalue weighted by molar-refractivity contribution is 7.98. The van der Waals surface area contributed by atoms with E-state index in [1.807, 2.05) is 44.4 Å². The number of amides is 2. The summed E-state index contributed by atoms with van der Waals surface area (Å²) < 4.78 is 0. The van der Waals surface area contributed by atoms with E-state index in [-0.39, 0.29) is 11.8 Å². The average molecular weight is 337 g/mol. The van der Waals surface area contributed by atoms with Gasteiger partial charge in [-0.05, 0) is 42.0 Å². The molecule has 1 atom stereocenters. The standard InChI is InChI=1S/C17H27N3O2S/c1-12(2)9-16(21)20-14-6-4-5-13(10-14)11-19-17(22)15(18)7-8-23-3/h4-6,10,12,15H,7-9,11,18H2,1-3H3,(H,19,22)(H,20,21)/t15-/m0/s1. The van der Waals surface area contributed by atoms with Gasteiger partial charge < -0.3 is 16.4 Å². The SMILES string of the molecule is CSCC[C@H](N)C(=O)NCc1cccc(NC(=O)CC(C)C)c1. The number of nitrogens with one attached hydrogen (secondary N) is 2. The third-order valence-corrected chi connectivity index (χ3v) is 3.88. The Kier molecular flexibility index (Phi) is 8.73. The third-order valence-electron chi connectivity index (χ3n) is 3.24. The van der Waals surface area contributed by atoms with Crippen LogP contribution < -0.4 is 16.4 Å². The Morgan fingerprint density at radius 1 is 1.30 bits per heavy atom. The number of rotatable bonds is 9. The second kappa shape index (κ2) is 10.3. The zero-order valence-corrected chi connectivity index (χ0v) is 14.9. The van der Waals surface area contributed by atoms with Crippen LogP contribution in [-0.2, 0) is 16.1 Å². The minimum absolute atomic E-state index is 0.000253. The van der Waals surface area contributed by atoms with Crippen molar-refractivity contribution in [2.24, 2.45) is 11.7 Å². The van der Waals surface area contributed by atoms with Gasteiger partial charge in [0, 0.05) is 18.7 Å². The van der Waals surface area contributed by atoms with Crippen molar-refractivity contribution in [1.82, 2.24) is 5.32 Å². The zero-order valence-electron chi connectivity index (χ0n) is 14.1. The highest BCUT2D eigenvalue weighted by Gasteiger charge is 2.12. The molecule has 1 aromatic rings. The molecule has 23 heavy (non-hydrogen) atoms. The van der Waals surface area contributed by atoms with Crippen molar-refractivity contribution < 1.29 is 9.59 Å². The molecule has 1 aromatic carbocycles. The number of hydrogen-bond acceptors (Lipinski definition) is 4. The number of anilines is 1. The summed E-state index contributed by atoms with van der Waals surface area (Å²) in [4.78, 5) is 23.7. The van der Waals surface area contributed by atoms with E-state index < -0.39 is 6.04 Å². The Labute approximate surface area is 142 Å². The van der Waals surface area contributed by atoms with E-state index in [4.69, 9.17) is 5.73 Å². The van der Waals surface area contributed by atoms with E-state index in [0.29, 0.717) is 25.3 Å². The van der Waals surface area contributed by atoms with Crippen molar-refractivity contribution >= 4 is 29.3 Å². The fraction of sp³-hybridized carbons (Fsp3) is 0.529. The van der Waals surface area contributed by atoms with Gasteiger partial charge in [0.15, 0.2) is 0 Å². The lowest BCUT2D eigenvalue weighted by atomic mass is 10.1. The molecule has 6 heteroatoms. The predicted molar refractivity (Wildman–Crippen MR) is 97.3 cm³/mol. The smallest absolute Gasteiger partial charge is 0.237 e. The summed E-state index contributed by atoms with van der Waals surface area (Å²) in [6.07, 6.45) is 3.15. The van der Waals surface area contributed by atoms with E-state index in [2.05, 4.69) is 10.6 Å². The van der Waals surface area contributed by atoms with Crippen LogP contribution in [0, 0.1) is 5.92 Å². The summed E-state index contributed by atoms with van der Waals surface area (Å²) in [5, 5.41) is 5.71. The highest BCUT2D eigenvalue weighted by atomic mass is 32.2. The van der Waals surface area contributed by atoms with Crippen LogP contribution in [0.3, 0.4) is 0 Å². The number of nitrogens with two attached hydrogens (primary N) is 1. The van der Waals surface area contributed by atoms with Gasteiger partial charge >= 0.3 is 0 Å². The molecule has 0 saturated carbocycles. The number of benzene rings is 1. The molecule has 128 valence electrons. The first-order chi connectivity index (χ1) is 10.9. The average Bonchev–Trinajstić information content (AvgIpc) is 2.49. The summed E-state index contributed by atoms with van der Waals surface area (Å²) in [5.41, 5.74) is 7.50. The van der Waals surface area contributed by atoms with Crippen molar-refractivity contribution in [2.75, 3.05) is 17.3 Å². The summed E-state index contributed by atoms with van der Waals surface area (Å²) in [5.74, 6) is 1.04. The molecule has 5 nitrogen and oxygen atoms in total. The molecule has 0 fully saturated rings. The van der Waals surface area contributed by atoms with Gasteiger partial charge in [0.25, 0.3) is 0 Å². The summed E-state index contributed by atoms with van der Waals surface area (Å²) >= 11 is 1.67. The molecule has 1 rings (SSSR count). The molecular weight excluding hydrogens is 310 g/mol. The first-order valence-electron chi connectivity index (χ1n) is 7.83. The quantitative estimate of drug-likeness (QED) is 0.646. The van der Waals surface area contributed by atoms with Crippen molar-refractivity contribution in [3.05, 3.63) is 29.8 Å². The van der Waals surface area contributed by atoms with Crippen LogP contribution in [0.25, 0.3) is 0 Å². The van der Waals surface area contributed by atoms with Crippen LogP contribution in [0.1, 0.15) is 32.3 Å². The van der Waals surface area contributed by atoms with Gasteiger partial charge in [0.1, 0.15) is 0 Å². The van der Waals surface area contributed by atoms with Gasteiger partial charge in [-0.25, -0.2) is 0 Å². The number of carbonyl (C=O) groups is 2. The topological polar surface area (TPSA) is 84.2 Å². The number of carbonyl (C=O) groups excluding carboxylic acids is 2. The summed E-state index contributed by atoms with van der Waals surface area (Å²) in [7, 11) is 0. The fourth-order valence-corrected chi connectivity index (χ4v) is 2.53. The van der Waals surface area contributed by atoms with Crippen LogP contribution in [0.5, 0.6) is 0 Å². The van der Waals surface area contributed by atoms with E-state index >= 15 is 0 Å². The van der Waals surface area contributed by atoms with Crippen LogP contribution in [0.2, 0.25) is 0 Å². The largest absolute Gasteiger partial charge is 0.351 e. The lowest BCUT2D eigenvalue weighted by molar-refractivity contribution is -0.122. The van der Waals surface area contributed by atoms with E-state index in [9.17, 15) is 9.59 Å². The normalized spacial score (nSPS) is 12.0. The van der Waals surface area contributed by atoms with Gasteiger partial charge in [-0.3, -0.25) is 9.59 Å². The van der Waals surface area contributed by atoms with Gasteiger partial charge in [-0.2, -0.15) is 11.8 Å². The molecule has 0 aromatic heterocycles. The Morgan fingerprint density at radius 2 is 2.04 bits per heavy atom. The van der Waals surface area contributed by atoms with Crippen molar-refractivity contribution in [2.45, 2.75) is 39.3 Å². The molecule has 0 aliphatic rings. The Morgan fingerprint density at radius 3 is 2.70 bits per heavy atom. The predicted octanol–water partition coefficient (Wildman–Crippen LogP) is 2.37. The fourth-order valence-electron chi connectivity index (χ4n) is 2.04. The van der Waals surface area contributed by atoms with Crippen molar-refractivity contribution in [1.29, 1.82) is 0 Å². The zero-order chi connectivity index (χ0) is 17.2. The monoisotopic (exact) mass is 337 g/mol. The summed E-state index contributed by atoms with van der Waals surface area (Å²) in [6, 6.07) is 7.00. The van der Waals surface area contributed by atoms with Crippen molar-refractivity contribution in [3.8, 4) is 0 Å². The van der Waals surface area contributed by atoms with E-state index in [1.165, 1.54) is 0 Å². The highest BCUT2D eigenvalue weighted by Crippen LogP contribution is 2.12. The lowest BCUT2D eigenvalue weighted by Crippen LogP contribution is -2.40. The molecule has 0 aliphatic heterocycles. The first-order valence-corrected chi connectivity index (χ1v) is 9.22. The maximum absolute atomic E-state index is 11.9. The second-order valence-electron chi connectivity index (χ2n) is 5.95. The van der Waals surface area contributed by atoms with Crippen LogP contribution >= 0.6 is 11.8 Å². The molecular formula is C17H27N3O2S. The second-order valence-corrected chi connectivity index (χ2v) is 6.94. The van der Waals surface area contributed by atoms with Gasteiger partial charge in [0.2, 0.25) is 11.8 Å². The molecule has 0 bridgehead atoms. The Bertz CT molecular complexity index is 520. The molecule has 2 amide bonds. The van der Waals surface area contributed by atoms with Gasteiger partial charge in [0.05, 0.1) is 6.04 Å². The van der Waals surface area contributed by atoms with Gasteiger partial charge in [-0.15, -0.1) is 0 Å². The van der Waals surface area contributed by atoms with E-state index in [1.54, 1.807) is 11.8 Å². The summed E-state index contributed by atoms with van der Waals surface area (Å²) in [6.45, 7) is 4.41. The lowest BCUT2D eigenvalue weighted by Gasteiger charge is -2.12. The first kappa shape index (κ1) is 19.5. The van der Waals surface area contributed by atoms with Crippen LogP contribution in [0.4, 0.5) is 5.69 Å². The minimum Gasteiger partial charge on any atom is -0.351 e. The maximum Gasteiger partial charge on any atom is 0.237 e. The molecule has 4 N–H and O–H groups in total. The molecule has 0 unspecified atom stereocenters. The van der Waals surface area contributed by atoms with E-state index in [0.717, 1.165) is 17.0 Å². The minimum atomic E-state index is -0.476. The molecule has 0 radical (unpaired) electrons. The number of thioether (sulfide) groups is 1. The molecule has 0 saturated heterocycles.